The highest BCUT2D eigenvalue weighted by molar-refractivity contribution is 9.09. The minimum absolute atomic E-state index is 0.321. The Kier molecular flexibility index (Phi) is 5.36. The molecule has 1 aromatic rings. The van der Waals surface area contributed by atoms with Crippen molar-refractivity contribution in [1.82, 2.24) is 4.31 Å². The van der Waals surface area contributed by atoms with E-state index in [1.54, 1.807) is 30.3 Å². The van der Waals surface area contributed by atoms with Crippen molar-refractivity contribution in [3.8, 4) is 0 Å². The highest BCUT2D eigenvalue weighted by Gasteiger charge is 2.22. The molecule has 5 heteroatoms. The van der Waals surface area contributed by atoms with Crippen LogP contribution < -0.4 is 0 Å². The van der Waals surface area contributed by atoms with Crippen LogP contribution in [0.2, 0.25) is 0 Å². The lowest BCUT2D eigenvalue weighted by Gasteiger charge is -2.19. The van der Waals surface area contributed by atoms with Crippen LogP contribution in [0, 0.1) is 6.92 Å². The number of alkyl halides is 1. The van der Waals surface area contributed by atoms with E-state index in [0.29, 0.717) is 23.3 Å². The molecule has 0 atom stereocenters. The fourth-order valence-electron chi connectivity index (χ4n) is 1.41. The summed E-state index contributed by atoms with van der Waals surface area (Å²) in [5.74, 6) is 0. The van der Waals surface area contributed by atoms with Gasteiger partial charge in [-0.15, -0.1) is 6.58 Å². The monoisotopic (exact) mass is 317 g/mol. The molecule has 94 valence electrons. The van der Waals surface area contributed by atoms with E-state index in [4.69, 9.17) is 0 Å². The van der Waals surface area contributed by atoms with Gasteiger partial charge in [-0.1, -0.05) is 39.7 Å². The van der Waals surface area contributed by atoms with Crippen LogP contribution in [0.15, 0.2) is 41.8 Å². The van der Waals surface area contributed by atoms with Gasteiger partial charge in [-0.25, -0.2) is 8.42 Å². The van der Waals surface area contributed by atoms with Gasteiger partial charge in [0.15, 0.2) is 0 Å². The standard InChI is InChI=1S/C12H16BrNO2S/c1-3-9-14(10-8-13)17(15,16)12-6-4-11(2)5-7-12/h3-7H,1,8-10H2,2H3. The van der Waals surface area contributed by atoms with Gasteiger partial charge in [0.25, 0.3) is 0 Å². The zero-order chi connectivity index (χ0) is 12.9. The Hall–Kier alpha value is -0.650. The third kappa shape index (κ3) is 3.66. The molecule has 0 aromatic heterocycles. The Labute approximate surface area is 111 Å². The summed E-state index contributed by atoms with van der Waals surface area (Å²) >= 11 is 3.26. The Balaban J connectivity index is 3.06. The highest BCUT2D eigenvalue weighted by atomic mass is 79.9. The SMILES string of the molecule is C=CCN(CCBr)S(=O)(=O)c1ccc(C)cc1. The van der Waals surface area contributed by atoms with Gasteiger partial charge in [0.05, 0.1) is 4.90 Å². The van der Waals surface area contributed by atoms with Crippen LogP contribution in [0.1, 0.15) is 5.56 Å². The number of hydrogen-bond acceptors (Lipinski definition) is 2. The molecule has 0 fully saturated rings. The zero-order valence-electron chi connectivity index (χ0n) is 9.77. The summed E-state index contributed by atoms with van der Waals surface area (Å²) in [4.78, 5) is 0.325. The van der Waals surface area contributed by atoms with E-state index in [1.807, 2.05) is 6.92 Å². The van der Waals surface area contributed by atoms with Crippen LogP contribution in [0.5, 0.6) is 0 Å². The molecule has 1 rings (SSSR count). The summed E-state index contributed by atoms with van der Waals surface area (Å²) in [6, 6.07) is 6.87. The molecule has 0 radical (unpaired) electrons. The second-order valence-electron chi connectivity index (χ2n) is 3.65. The maximum absolute atomic E-state index is 12.3. The fourth-order valence-corrected chi connectivity index (χ4v) is 3.48. The maximum Gasteiger partial charge on any atom is 0.243 e. The van der Waals surface area contributed by atoms with Gasteiger partial charge >= 0.3 is 0 Å². The lowest BCUT2D eigenvalue weighted by Crippen LogP contribution is -2.32. The van der Waals surface area contributed by atoms with Gasteiger partial charge < -0.3 is 0 Å². The molecule has 0 spiro atoms. The molecule has 0 aliphatic rings. The molecule has 0 amide bonds. The summed E-state index contributed by atoms with van der Waals surface area (Å²) in [5, 5.41) is 0.603. The second-order valence-corrected chi connectivity index (χ2v) is 6.38. The quantitative estimate of drug-likeness (QED) is 0.597. The predicted octanol–water partition coefficient (Wildman–Crippen LogP) is 2.57. The molecule has 1 aromatic carbocycles. The molecule has 0 heterocycles. The smallest absolute Gasteiger partial charge is 0.207 e. The molecule has 0 saturated carbocycles. The van der Waals surface area contributed by atoms with E-state index in [-0.39, 0.29) is 0 Å². The van der Waals surface area contributed by atoms with Crippen LogP contribution in [-0.2, 0) is 10.0 Å². The Morgan fingerprint density at radius 3 is 2.41 bits per heavy atom. The lowest BCUT2D eigenvalue weighted by molar-refractivity contribution is 0.463. The van der Waals surface area contributed by atoms with Gasteiger partial charge in [0.1, 0.15) is 0 Å². The summed E-state index contributed by atoms with van der Waals surface area (Å²) in [5.41, 5.74) is 1.04. The number of aryl methyl sites for hydroxylation is 1. The molecule has 0 bridgehead atoms. The number of hydrogen-bond donors (Lipinski definition) is 0. The van der Waals surface area contributed by atoms with Crippen molar-refractivity contribution in [2.45, 2.75) is 11.8 Å². The average Bonchev–Trinajstić information content (AvgIpc) is 2.29. The molecule has 3 nitrogen and oxygen atoms in total. The number of rotatable bonds is 6. The molecule has 0 aliphatic heterocycles. The average molecular weight is 318 g/mol. The van der Waals surface area contributed by atoms with Gasteiger partial charge in [-0.05, 0) is 19.1 Å². The predicted molar refractivity (Wildman–Crippen MR) is 73.9 cm³/mol. The van der Waals surface area contributed by atoms with Gasteiger partial charge in [0.2, 0.25) is 10.0 Å². The van der Waals surface area contributed by atoms with Crippen LogP contribution in [0.3, 0.4) is 0 Å². The normalized spacial score (nSPS) is 11.7. The third-order valence-corrected chi connectivity index (χ3v) is 4.56. The van der Waals surface area contributed by atoms with E-state index in [2.05, 4.69) is 22.5 Å². The van der Waals surface area contributed by atoms with Crippen molar-refractivity contribution in [1.29, 1.82) is 0 Å². The van der Waals surface area contributed by atoms with Crippen molar-refractivity contribution >= 4 is 26.0 Å². The molecule has 0 saturated heterocycles. The third-order valence-electron chi connectivity index (χ3n) is 2.33. The van der Waals surface area contributed by atoms with Crippen molar-refractivity contribution in [3.05, 3.63) is 42.5 Å². The van der Waals surface area contributed by atoms with E-state index in [0.717, 1.165) is 5.56 Å². The first-order valence-electron chi connectivity index (χ1n) is 5.26. The number of sulfonamides is 1. The van der Waals surface area contributed by atoms with E-state index < -0.39 is 10.0 Å². The Bertz CT molecular complexity index is 468. The first-order valence-corrected chi connectivity index (χ1v) is 7.82. The summed E-state index contributed by atoms with van der Waals surface area (Å²) in [7, 11) is -3.41. The molecule has 17 heavy (non-hydrogen) atoms. The van der Waals surface area contributed by atoms with Crippen molar-refractivity contribution in [3.63, 3.8) is 0 Å². The maximum atomic E-state index is 12.3. The Morgan fingerprint density at radius 2 is 1.94 bits per heavy atom. The summed E-state index contributed by atoms with van der Waals surface area (Å²) in [6.45, 7) is 6.26. The molecule has 0 aliphatic carbocycles. The number of benzene rings is 1. The molecular formula is C12H16BrNO2S. The first kappa shape index (κ1) is 14.4. The summed E-state index contributed by atoms with van der Waals surface area (Å²) in [6.07, 6.45) is 1.59. The van der Waals surface area contributed by atoms with E-state index in [1.165, 1.54) is 4.31 Å². The van der Waals surface area contributed by atoms with Crippen molar-refractivity contribution in [2.24, 2.45) is 0 Å². The molecule has 0 unspecified atom stereocenters. The van der Waals surface area contributed by atoms with Crippen LogP contribution >= 0.6 is 15.9 Å². The zero-order valence-corrected chi connectivity index (χ0v) is 12.2. The topological polar surface area (TPSA) is 37.4 Å². The van der Waals surface area contributed by atoms with E-state index >= 15 is 0 Å². The van der Waals surface area contributed by atoms with Gasteiger partial charge in [0, 0.05) is 18.4 Å². The van der Waals surface area contributed by atoms with Crippen molar-refractivity contribution in [2.75, 3.05) is 18.4 Å². The molecular weight excluding hydrogens is 302 g/mol. The lowest BCUT2D eigenvalue weighted by atomic mass is 10.2. The van der Waals surface area contributed by atoms with Crippen molar-refractivity contribution < 1.29 is 8.42 Å². The van der Waals surface area contributed by atoms with Gasteiger partial charge in [-0.3, -0.25) is 0 Å². The second kappa shape index (κ2) is 6.33. The summed E-state index contributed by atoms with van der Waals surface area (Å²) < 4.78 is 26.0. The fraction of sp³-hybridized carbons (Fsp3) is 0.333. The van der Waals surface area contributed by atoms with Crippen LogP contribution in [-0.4, -0.2) is 31.1 Å². The number of nitrogens with zero attached hydrogens (tertiary/aromatic N) is 1. The van der Waals surface area contributed by atoms with Crippen LogP contribution in [0.25, 0.3) is 0 Å². The molecule has 0 N–H and O–H groups in total. The minimum Gasteiger partial charge on any atom is -0.207 e. The number of halogens is 1. The highest BCUT2D eigenvalue weighted by Crippen LogP contribution is 2.16. The first-order chi connectivity index (χ1) is 8.02. The minimum atomic E-state index is -3.41. The van der Waals surface area contributed by atoms with Gasteiger partial charge in [-0.2, -0.15) is 4.31 Å². The van der Waals surface area contributed by atoms with Crippen LogP contribution in [0.4, 0.5) is 0 Å². The van der Waals surface area contributed by atoms with E-state index in [9.17, 15) is 8.42 Å². The largest absolute Gasteiger partial charge is 0.243 e. The Morgan fingerprint density at radius 1 is 1.35 bits per heavy atom.